The van der Waals surface area contributed by atoms with Crippen molar-refractivity contribution in [2.24, 2.45) is 11.8 Å². The predicted octanol–water partition coefficient (Wildman–Crippen LogP) is 5.50. The van der Waals surface area contributed by atoms with Crippen molar-refractivity contribution in [2.45, 2.75) is 71.3 Å². The summed E-state index contributed by atoms with van der Waals surface area (Å²) in [6.07, 6.45) is 4.10. The van der Waals surface area contributed by atoms with Gasteiger partial charge in [0.05, 0.1) is 0 Å². The van der Waals surface area contributed by atoms with Crippen molar-refractivity contribution >= 4 is 0 Å². The number of rotatable bonds is 4. The molecule has 1 heteroatoms. The number of benzene rings is 1. The smallest absolute Gasteiger partial charge is 0.127 e. The molecular formula is C19H28O. The molecule has 2 aliphatic rings. The average Bonchev–Trinajstić information content (AvgIpc) is 3.22. The zero-order valence-electron chi connectivity index (χ0n) is 13.6. The summed E-state index contributed by atoms with van der Waals surface area (Å²) >= 11 is 0. The maximum Gasteiger partial charge on any atom is 0.127 e. The first kappa shape index (κ1) is 14.0. The van der Waals surface area contributed by atoms with Gasteiger partial charge in [0.2, 0.25) is 0 Å². The highest BCUT2D eigenvalue weighted by Gasteiger charge is 2.39. The lowest BCUT2D eigenvalue weighted by molar-refractivity contribution is 0.127. The number of hydrogen-bond donors (Lipinski definition) is 0. The molecular weight excluding hydrogens is 244 g/mol. The first-order chi connectivity index (χ1) is 9.37. The zero-order chi connectivity index (χ0) is 14.5. The van der Waals surface area contributed by atoms with Crippen LogP contribution in [0.2, 0.25) is 0 Å². The first-order valence-corrected chi connectivity index (χ1v) is 8.18. The van der Waals surface area contributed by atoms with E-state index in [0.29, 0.717) is 5.92 Å². The normalized spacial score (nSPS) is 27.2. The van der Waals surface area contributed by atoms with E-state index in [0.717, 1.165) is 17.8 Å². The van der Waals surface area contributed by atoms with Gasteiger partial charge in [-0.15, -0.1) is 0 Å². The molecule has 2 fully saturated rings. The van der Waals surface area contributed by atoms with E-state index in [9.17, 15) is 0 Å². The summed E-state index contributed by atoms with van der Waals surface area (Å²) in [5, 5.41) is 0. The molecule has 20 heavy (non-hydrogen) atoms. The van der Waals surface area contributed by atoms with Gasteiger partial charge in [0.25, 0.3) is 0 Å². The first-order valence-electron chi connectivity index (χ1n) is 8.18. The molecule has 0 amide bonds. The van der Waals surface area contributed by atoms with E-state index in [1.54, 1.807) is 0 Å². The molecule has 1 aromatic rings. The monoisotopic (exact) mass is 272 g/mol. The Bertz CT molecular complexity index is 493. The Balaban J connectivity index is 1.99. The van der Waals surface area contributed by atoms with Gasteiger partial charge >= 0.3 is 0 Å². The Kier molecular flexibility index (Phi) is 3.35. The molecule has 0 radical (unpaired) electrons. The quantitative estimate of drug-likeness (QED) is 0.703. The molecule has 3 atom stereocenters. The zero-order valence-corrected chi connectivity index (χ0v) is 13.6. The van der Waals surface area contributed by atoms with E-state index in [-0.39, 0.29) is 5.60 Å². The Morgan fingerprint density at radius 3 is 2.35 bits per heavy atom. The molecule has 110 valence electrons. The third-order valence-electron chi connectivity index (χ3n) is 4.81. The van der Waals surface area contributed by atoms with E-state index < -0.39 is 0 Å². The largest absolute Gasteiger partial charge is 0.488 e. The van der Waals surface area contributed by atoms with Gasteiger partial charge in [-0.05, 0) is 74.8 Å². The minimum absolute atomic E-state index is 0.119. The molecule has 0 heterocycles. The van der Waals surface area contributed by atoms with Gasteiger partial charge in [0.1, 0.15) is 11.4 Å². The lowest BCUT2D eigenvalue weighted by atomic mass is 9.91. The second-order valence-corrected chi connectivity index (χ2v) is 7.93. The number of ether oxygens (including phenoxy) is 1. The van der Waals surface area contributed by atoms with Gasteiger partial charge in [-0.3, -0.25) is 0 Å². The second kappa shape index (κ2) is 4.79. The second-order valence-electron chi connectivity index (χ2n) is 7.93. The molecule has 0 aliphatic heterocycles. The van der Waals surface area contributed by atoms with Crippen molar-refractivity contribution in [3.63, 3.8) is 0 Å². The van der Waals surface area contributed by atoms with E-state index >= 15 is 0 Å². The molecule has 0 spiro atoms. The molecule has 2 saturated carbocycles. The average molecular weight is 272 g/mol. The molecule has 0 N–H and O–H groups in total. The minimum atomic E-state index is -0.119. The standard InChI is InChI=1S/C19H28O/c1-12-11-17(12)16-8-6-7-15(13(2)14-9-10-14)18(16)20-19(3,4)5/h6-8,12-14,17H,9-11H2,1-5H3. The van der Waals surface area contributed by atoms with Crippen LogP contribution >= 0.6 is 0 Å². The van der Waals surface area contributed by atoms with Crippen LogP contribution in [-0.2, 0) is 0 Å². The van der Waals surface area contributed by atoms with Crippen molar-refractivity contribution < 1.29 is 4.74 Å². The summed E-state index contributed by atoms with van der Waals surface area (Å²) in [7, 11) is 0. The van der Waals surface area contributed by atoms with Crippen LogP contribution < -0.4 is 4.74 Å². The SMILES string of the molecule is CC1CC1c1cccc(C(C)C2CC2)c1OC(C)(C)C. The van der Waals surface area contributed by atoms with Gasteiger partial charge in [-0.1, -0.05) is 32.0 Å². The molecule has 3 rings (SSSR count). The maximum absolute atomic E-state index is 6.41. The fourth-order valence-electron chi connectivity index (χ4n) is 3.25. The number of para-hydroxylation sites is 1. The van der Waals surface area contributed by atoms with Crippen LogP contribution in [0.15, 0.2) is 18.2 Å². The topological polar surface area (TPSA) is 9.23 Å². The van der Waals surface area contributed by atoms with Crippen LogP contribution in [0.1, 0.15) is 76.8 Å². The highest BCUT2D eigenvalue weighted by molar-refractivity contribution is 5.48. The number of hydrogen-bond acceptors (Lipinski definition) is 1. The summed E-state index contributed by atoms with van der Waals surface area (Å²) in [5.74, 6) is 4.27. The highest BCUT2D eigenvalue weighted by atomic mass is 16.5. The molecule has 0 saturated heterocycles. The van der Waals surface area contributed by atoms with Crippen molar-refractivity contribution in [3.05, 3.63) is 29.3 Å². The van der Waals surface area contributed by atoms with Gasteiger partial charge < -0.3 is 4.74 Å². The van der Waals surface area contributed by atoms with Crippen LogP contribution in [0.3, 0.4) is 0 Å². The molecule has 1 nitrogen and oxygen atoms in total. The van der Waals surface area contributed by atoms with Crippen LogP contribution in [-0.4, -0.2) is 5.60 Å². The summed E-state index contributed by atoms with van der Waals surface area (Å²) in [6, 6.07) is 6.82. The molecule has 1 aromatic carbocycles. The lowest BCUT2D eigenvalue weighted by Crippen LogP contribution is -2.24. The van der Waals surface area contributed by atoms with E-state index in [1.165, 1.54) is 36.1 Å². The van der Waals surface area contributed by atoms with Crippen molar-refractivity contribution in [3.8, 4) is 5.75 Å². The summed E-state index contributed by atoms with van der Waals surface area (Å²) < 4.78 is 6.41. The fourth-order valence-corrected chi connectivity index (χ4v) is 3.25. The van der Waals surface area contributed by atoms with Crippen LogP contribution in [0.5, 0.6) is 5.75 Å². The fraction of sp³-hybridized carbons (Fsp3) is 0.684. The Morgan fingerprint density at radius 1 is 1.20 bits per heavy atom. The van der Waals surface area contributed by atoms with E-state index in [2.05, 4.69) is 52.8 Å². The summed E-state index contributed by atoms with van der Waals surface area (Å²) in [5.41, 5.74) is 2.78. The Labute approximate surface area is 123 Å². The van der Waals surface area contributed by atoms with E-state index in [1.807, 2.05) is 0 Å². The van der Waals surface area contributed by atoms with Gasteiger partial charge in [0, 0.05) is 0 Å². The van der Waals surface area contributed by atoms with Gasteiger partial charge in [-0.25, -0.2) is 0 Å². The van der Waals surface area contributed by atoms with Crippen molar-refractivity contribution in [1.29, 1.82) is 0 Å². The van der Waals surface area contributed by atoms with Crippen LogP contribution in [0.25, 0.3) is 0 Å². The van der Waals surface area contributed by atoms with Crippen LogP contribution in [0.4, 0.5) is 0 Å². The lowest BCUT2D eigenvalue weighted by Gasteiger charge is -2.27. The van der Waals surface area contributed by atoms with Gasteiger partial charge in [0.15, 0.2) is 0 Å². The third-order valence-corrected chi connectivity index (χ3v) is 4.81. The molecule has 2 aliphatic carbocycles. The van der Waals surface area contributed by atoms with Crippen LogP contribution in [0, 0.1) is 11.8 Å². The predicted molar refractivity (Wildman–Crippen MR) is 84.5 cm³/mol. The summed E-state index contributed by atoms with van der Waals surface area (Å²) in [6.45, 7) is 11.2. The highest BCUT2D eigenvalue weighted by Crippen LogP contribution is 2.53. The Morgan fingerprint density at radius 2 is 1.85 bits per heavy atom. The maximum atomic E-state index is 6.41. The summed E-state index contributed by atoms with van der Waals surface area (Å²) in [4.78, 5) is 0. The minimum Gasteiger partial charge on any atom is -0.488 e. The third kappa shape index (κ3) is 2.87. The van der Waals surface area contributed by atoms with Gasteiger partial charge in [-0.2, -0.15) is 0 Å². The van der Waals surface area contributed by atoms with E-state index in [4.69, 9.17) is 4.74 Å². The molecule has 0 bridgehead atoms. The molecule has 0 aromatic heterocycles. The Hall–Kier alpha value is -0.980. The van der Waals surface area contributed by atoms with Crippen molar-refractivity contribution in [2.75, 3.05) is 0 Å². The molecule has 3 unspecified atom stereocenters. The van der Waals surface area contributed by atoms with Crippen molar-refractivity contribution in [1.82, 2.24) is 0 Å².